The van der Waals surface area contributed by atoms with Gasteiger partial charge in [0.1, 0.15) is 11.4 Å². The van der Waals surface area contributed by atoms with Crippen LogP contribution in [0.25, 0.3) is 0 Å². The lowest BCUT2D eigenvalue weighted by Gasteiger charge is -2.75. The van der Waals surface area contributed by atoms with Crippen molar-refractivity contribution in [3.8, 4) is 0 Å². The smallest absolute Gasteiger partial charge is 0.122 e. The second-order valence-corrected chi connectivity index (χ2v) is 9.09. The molecule has 0 bridgehead atoms. The topological polar surface area (TPSA) is 9.23 Å². The van der Waals surface area contributed by atoms with Crippen LogP contribution in [0.5, 0.6) is 0 Å². The first-order valence-electron chi connectivity index (χ1n) is 9.70. The molecule has 1 heteroatoms. The maximum atomic E-state index is 6.46. The van der Waals surface area contributed by atoms with E-state index in [0.717, 1.165) is 5.92 Å². The molecule has 0 amide bonds. The number of allylic oxidation sites excluding steroid dienone is 1. The van der Waals surface area contributed by atoms with E-state index in [1.165, 1.54) is 37.9 Å². The summed E-state index contributed by atoms with van der Waals surface area (Å²) in [7, 11) is 0. The maximum absolute atomic E-state index is 6.46. The fourth-order valence-corrected chi connectivity index (χ4v) is 6.16. The van der Waals surface area contributed by atoms with E-state index < -0.39 is 0 Å². The Labute approximate surface area is 137 Å². The van der Waals surface area contributed by atoms with Gasteiger partial charge in [-0.15, -0.1) is 0 Å². The Morgan fingerprint density at radius 1 is 1.18 bits per heavy atom. The van der Waals surface area contributed by atoms with Crippen LogP contribution in [0.3, 0.4) is 0 Å². The van der Waals surface area contributed by atoms with Crippen LogP contribution in [0.2, 0.25) is 0 Å². The molecule has 126 valence electrons. The van der Waals surface area contributed by atoms with E-state index in [-0.39, 0.29) is 5.60 Å². The van der Waals surface area contributed by atoms with E-state index in [1.54, 1.807) is 0 Å². The molecule has 3 rings (SSSR count). The van der Waals surface area contributed by atoms with Gasteiger partial charge in [0.2, 0.25) is 0 Å². The van der Waals surface area contributed by atoms with E-state index in [1.807, 2.05) is 0 Å². The number of hydrogen-bond donors (Lipinski definition) is 0. The zero-order valence-corrected chi connectivity index (χ0v) is 15.8. The molecule has 1 aliphatic heterocycles. The molecule has 0 N–H and O–H groups in total. The molecule has 1 saturated heterocycles. The minimum atomic E-state index is 0.153. The molecule has 1 saturated carbocycles. The third kappa shape index (κ3) is 1.66. The molecule has 0 aromatic carbocycles. The van der Waals surface area contributed by atoms with Crippen molar-refractivity contribution in [2.24, 2.45) is 34.5 Å². The molecular formula is C21H36O. The van der Waals surface area contributed by atoms with Crippen molar-refractivity contribution in [3.63, 3.8) is 0 Å². The van der Waals surface area contributed by atoms with E-state index >= 15 is 0 Å². The Balaban J connectivity index is 2.01. The van der Waals surface area contributed by atoms with Crippen LogP contribution < -0.4 is 0 Å². The van der Waals surface area contributed by atoms with Gasteiger partial charge in [-0.05, 0) is 48.5 Å². The first-order chi connectivity index (χ1) is 10.3. The summed E-state index contributed by atoms with van der Waals surface area (Å²) in [5, 5.41) is 0. The first kappa shape index (κ1) is 16.4. The van der Waals surface area contributed by atoms with Crippen molar-refractivity contribution in [1.82, 2.24) is 0 Å². The third-order valence-electron chi connectivity index (χ3n) is 8.23. The summed E-state index contributed by atoms with van der Waals surface area (Å²) in [6.45, 7) is 17.0. The Kier molecular flexibility index (Phi) is 3.74. The van der Waals surface area contributed by atoms with Gasteiger partial charge in [0.25, 0.3) is 0 Å². The van der Waals surface area contributed by atoms with E-state index in [4.69, 9.17) is 4.74 Å². The highest BCUT2D eigenvalue weighted by Crippen LogP contribution is 2.77. The Bertz CT molecular complexity index is 478. The van der Waals surface area contributed by atoms with Gasteiger partial charge in [0, 0.05) is 5.41 Å². The van der Waals surface area contributed by atoms with Crippen LogP contribution in [-0.4, -0.2) is 5.60 Å². The first-order valence-corrected chi connectivity index (χ1v) is 9.70. The lowest BCUT2D eigenvalue weighted by Crippen LogP contribution is -2.74. The minimum absolute atomic E-state index is 0.153. The number of ether oxygens (including phenoxy) is 1. The van der Waals surface area contributed by atoms with Gasteiger partial charge in [-0.1, -0.05) is 61.3 Å². The summed E-state index contributed by atoms with van der Waals surface area (Å²) in [5.74, 6) is 4.21. The largest absolute Gasteiger partial charge is 0.490 e. The zero-order valence-electron chi connectivity index (χ0n) is 15.8. The molecule has 2 fully saturated rings. The molecular weight excluding hydrogens is 268 g/mol. The van der Waals surface area contributed by atoms with Crippen molar-refractivity contribution in [3.05, 3.63) is 11.8 Å². The summed E-state index contributed by atoms with van der Waals surface area (Å²) >= 11 is 0. The van der Waals surface area contributed by atoms with Crippen molar-refractivity contribution in [2.75, 3.05) is 0 Å². The standard InChI is InChI=1S/C21H36O/c1-8-10-20-13-17-18(20)21(22-17,16(6)14(3)4)12-11-19(20,7)15(5)9-2/h13-16,18H,8-12H2,1-7H3. The van der Waals surface area contributed by atoms with Gasteiger partial charge in [0.05, 0.1) is 5.92 Å². The van der Waals surface area contributed by atoms with E-state index in [2.05, 4.69) is 54.5 Å². The molecule has 6 unspecified atom stereocenters. The average molecular weight is 305 g/mol. The van der Waals surface area contributed by atoms with Crippen LogP contribution >= 0.6 is 0 Å². The van der Waals surface area contributed by atoms with Gasteiger partial charge < -0.3 is 4.74 Å². The molecule has 3 aliphatic rings. The van der Waals surface area contributed by atoms with Crippen LogP contribution in [0.4, 0.5) is 0 Å². The summed E-state index contributed by atoms with van der Waals surface area (Å²) in [5.41, 5.74) is 1.02. The molecule has 0 radical (unpaired) electrons. The number of hydrogen-bond acceptors (Lipinski definition) is 1. The van der Waals surface area contributed by atoms with Crippen LogP contribution in [0.1, 0.15) is 80.6 Å². The average Bonchev–Trinajstić information content (AvgIpc) is 2.45. The van der Waals surface area contributed by atoms with Crippen molar-refractivity contribution in [1.29, 1.82) is 0 Å². The molecule has 0 aromatic heterocycles. The summed E-state index contributed by atoms with van der Waals surface area (Å²) in [6, 6.07) is 0. The highest BCUT2D eigenvalue weighted by molar-refractivity contribution is 5.41. The Morgan fingerprint density at radius 3 is 2.36 bits per heavy atom. The summed E-state index contributed by atoms with van der Waals surface area (Å²) in [6.07, 6.45) is 9.08. The molecule has 0 spiro atoms. The maximum Gasteiger partial charge on any atom is 0.122 e. The van der Waals surface area contributed by atoms with Crippen LogP contribution in [0.15, 0.2) is 11.8 Å². The summed E-state index contributed by atoms with van der Waals surface area (Å²) in [4.78, 5) is 0. The monoisotopic (exact) mass is 304 g/mol. The second kappa shape index (κ2) is 5.02. The predicted molar refractivity (Wildman–Crippen MR) is 93.5 cm³/mol. The van der Waals surface area contributed by atoms with Crippen molar-refractivity contribution < 1.29 is 4.74 Å². The third-order valence-corrected chi connectivity index (χ3v) is 8.23. The summed E-state index contributed by atoms with van der Waals surface area (Å²) < 4.78 is 6.46. The quantitative estimate of drug-likeness (QED) is 0.568. The molecule has 22 heavy (non-hydrogen) atoms. The van der Waals surface area contributed by atoms with Gasteiger partial charge in [0.15, 0.2) is 0 Å². The SMILES string of the molecule is CCCC12C=C3OC(C(C)C(C)C)(CCC1(C)C(C)CC)C32. The highest BCUT2D eigenvalue weighted by Gasteiger charge is 2.76. The Hall–Kier alpha value is -0.460. The lowest BCUT2D eigenvalue weighted by molar-refractivity contribution is -0.301. The molecule has 1 heterocycles. The van der Waals surface area contributed by atoms with Crippen LogP contribution in [0, 0.1) is 34.5 Å². The van der Waals surface area contributed by atoms with E-state index in [0.29, 0.717) is 28.6 Å². The fraction of sp³-hybridized carbons (Fsp3) is 0.905. The van der Waals surface area contributed by atoms with Gasteiger partial charge >= 0.3 is 0 Å². The van der Waals surface area contributed by atoms with Gasteiger partial charge in [-0.2, -0.15) is 0 Å². The minimum Gasteiger partial charge on any atom is -0.490 e. The van der Waals surface area contributed by atoms with E-state index in [9.17, 15) is 0 Å². The van der Waals surface area contributed by atoms with Crippen molar-refractivity contribution in [2.45, 2.75) is 86.2 Å². The normalized spacial score (nSPS) is 45.1. The Morgan fingerprint density at radius 2 is 1.86 bits per heavy atom. The van der Waals surface area contributed by atoms with Crippen LogP contribution in [-0.2, 0) is 4.74 Å². The number of rotatable bonds is 6. The molecule has 0 aromatic rings. The van der Waals surface area contributed by atoms with Gasteiger partial charge in [-0.25, -0.2) is 0 Å². The molecule has 6 atom stereocenters. The molecule has 2 aliphatic carbocycles. The van der Waals surface area contributed by atoms with Crippen molar-refractivity contribution >= 4 is 0 Å². The zero-order chi connectivity index (χ0) is 16.3. The second-order valence-electron chi connectivity index (χ2n) is 9.09. The lowest BCUT2D eigenvalue weighted by atomic mass is 9.35. The molecule has 1 nitrogen and oxygen atoms in total. The predicted octanol–water partition coefficient (Wildman–Crippen LogP) is 6.19. The fourth-order valence-electron chi connectivity index (χ4n) is 6.16. The van der Waals surface area contributed by atoms with Gasteiger partial charge in [-0.3, -0.25) is 0 Å². The highest BCUT2D eigenvalue weighted by atomic mass is 16.5.